The first-order chi connectivity index (χ1) is 42.7. The van der Waals surface area contributed by atoms with Gasteiger partial charge in [-0.25, -0.2) is 0 Å². The molecular weight excluding hydrogens is 1030 g/mol. The molecule has 0 saturated heterocycles. The van der Waals surface area contributed by atoms with Gasteiger partial charge >= 0.3 is 0 Å². The third kappa shape index (κ3) is 12.2. The molecule has 0 aromatic heterocycles. The summed E-state index contributed by atoms with van der Waals surface area (Å²) in [4.78, 5) is 2.62. The number of nitrogens with zero attached hydrogens (tertiary/aromatic N) is 1. The van der Waals surface area contributed by atoms with Crippen molar-refractivity contribution in [3.05, 3.63) is 207 Å². The highest BCUT2D eigenvalue weighted by Crippen LogP contribution is 2.58. The van der Waals surface area contributed by atoms with E-state index in [1.165, 1.54) is 309 Å². The van der Waals surface area contributed by atoms with Crippen molar-refractivity contribution < 1.29 is 0 Å². The molecule has 0 atom stereocenters. The first kappa shape index (κ1) is 58.0. The van der Waals surface area contributed by atoms with E-state index in [1.807, 2.05) is 5.56 Å². The molecular formula is C85H103N. The van der Waals surface area contributed by atoms with Crippen LogP contribution in [0.3, 0.4) is 0 Å². The van der Waals surface area contributed by atoms with E-state index in [2.05, 4.69) is 157 Å². The van der Waals surface area contributed by atoms with Crippen molar-refractivity contribution in [2.45, 2.75) is 272 Å². The molecule has 1 nitrogen and oxygen atoms in total. The SMILES string of the molecule is c1ccc2c(c1)-c1ccc(N(c3ccc(-c4cc(C5CCCCCCC5)c(C5CCCCCCC5)c(C5CCCCCCC5)c4)cc3)c3ccc(C4CCCCC4)cc3)cc1C2(c1ccc(C2CCCCC2)cc1)c1ccc(C2CCCCC2)cc1. The molecule has 1 heteroatoms. The second-order valence-corrected chi connectivity index (χ2v) is 28.9. The number of hydrogen-bond donors (Lipinski definition) is 0. The van der Waals surface area contributed by atoms with Gasteiger partial charge in [-0.2, -0.15) is 0 Å². The van der Waals surface area contributed by atoms with E-state index in [1.54, 1.807) is 11.1 Å². The maximum Gasteiger partial charge on any atom is 0.0714 e. The standard InChI is InChI=1S/C85H103N/c1-4-13-33-69(34-14-5-1)80-59-72(60-81(70-35-15-6-2-7-16-36-70)84(80)71-37-17-8-3-9-18-38-71)68-47-55-76(56-48-68)86(75-53-45-67(46-54-75)64-31-23-12-24-32-64)77-57-58-79-78-39-25-26-40-82(78)85(83(79)61-77,73-49-41-65(42-50-73)62-27-19-10-20-28-62)74-51-43-66(44-52-74)63-29-21-11-22-30-63/h25-26,39-64,69-71H,1-24,27-38H2. The molecule has 7 aromatic carbocycles. The van der Waals surface area contributed by atoms with Gasteiger partial charge in [0.05, 0.1) is 5.41 Å². The molecule has 86 heavy (non-hydrogen) atoms. The first-order valence-corrected chi connectivity index (χ1v) is 36.3. The van der Waals surface area contributed by atoms with E-state index in [4.69, 9.17) is 0 Å². The van der Waals surface area contributed by atoms with Crippen LogP contribution in [0.4, 0.5) is 17.1 Å². The van der Waals surface area contributed by atoms with Crippen LogP contribution in [0.25, 0.3) is 22.3 Å². The van der Waals surface area contributed by atoms with Gasteiger partial charge in [0.2, 0.25) is 0 Å². The predicted molar refractivity (Wildman–Crippen MR) is 367 cm³/mol. The lowest BCUT2D eigenvalue weighted by molar-refractivity contribution is 0.421. The Labute approximate surface area is 520 Å². The summed E-state index contributed by atoms with van der Waals surface area (Å²) in [6.07, 6.45) is 49.5. The lowest BCUT2D eigenvalue weighted by atomic mass is 9.67. The smallest absolute Gasteiger partial charge is 0.0714 e. The topological polar surface area (TPSA) is 3.24 Å². The number of benzene rings is 7. The van der Waals surface area contributed by atoms with Crippen molar-refractivity contribution in [1.29, 1.82) is 0 Å². The molecule has 7 aromatic rings. The van der Waals surface area contributed by atoms with Crippen LogP contribution in [0, 0.1) is 0 Å². The normalized spacial score (nSPS) is 21.0. The van der Waals surface area contributed by atoms with Crippen molar-refractivity contribution in [1.82, 2.24) is 0 Å². The molecule has 0 amide bonds. The van der Waals surface area contributed by atoms with Crippen LogP contribution in [0.2, 0.25) is 0 Å². The second kappa shape index (κ2) is 27.4. The summed E-state index contributed by atoms with van der Waals surface area (Å²) >= 11 is 0. The van der Waals surface area contributed by atoms with Gasteiger partial charge < -0.3 is 4.90 Å². The Morgan fingerprint density at radius 1 is 0.256 bits per heavy atom. The summed E-state index contributed by atoms with van der Waals surface area (Å²) in [7, 11) is 0. The molecule has 0 aliphatic heterocycles. The maximum atomic E-state index is 2.80. The molecule has 6 fully saturated rings. The van der Waals surface area contributed by atoms with Gasteiger partial charge in [0.25, 0.3) is 0 Å². The summed E-state index contributed by atoms with van der Waals surface area (Å²) in [5, 5.41) is 0. The van der Waals surface area contributed by atoms with Crippen molar-refractivity contribution in [2.24, 2.45) is 0 Å². The van der Waals surface area contributed by atoms with Gasteiger partial charge in [-0.15, -0.1) is 0 Å². The number of anilines is 3. The van der Waals surface area contributed by atoms with Gasteiger partial charge in [-0.1, -0.05) is 269 Å². The monoisotopic (exact) mass is 1140 g/mol. The Bertz CT molecular complexity index is 3170. The average Bonchev–Trinajstić information content (AvgIpc) is 1.55. The van der Waals surface area contributed by atoms with E-state index in [0.29, 0.717) is 35.5 Å². The highest BCUT2D eigenvalue weighted by Gasteiger charge is 2.47. The molecule has 0 unspecified atom stereocenters. The fraction of sp³-hybridized carbons (Fsp3) is 0.506. The Balaban J connectivity index is 0.911. The number of hydrogen-bond acceptors (Lipinski definition) is 1. The Kier molecular flexibility index (Phi) is 18.5. The molecule has 7 aliphatic rings. The minimum absolute atomic E-state index is 0.483. The average molecular weight is 1140 g/mol. The zero-order chi connectivity index (χ0) is 57.5. The van der Waals surface area contributed by atoms with Crippen LogP contribution >= 0.6 is 0 Å². The summed E-state index contributed by atoms with van der Waals surface area (Å²) in [5.41, 5.74) is 24.4. The highest BCUT2D eigenvalue weighted by molar-refractivity contribution is 5.90. The van der Waals surface area contributed by atoms with E-state index >= 15 is 0 Å². The fourth-order valence-electron chi connectivity index (χ4n) is 19.0. The number of rotatable bonds is 12. The van der Waals surface area contributed by atoms with Gasteiger partial charge in [0, 0.05) is 17.1 Å². The van der Waals surface area contributed by atoms with Gasteiger partial charge in [0.1, 0.15) is 0 Å². The van der Waals surface area contributed by atoms with E-state index < -0.39 is 5.41 Å². The molecule has 0 heterocycles. The minimum atomic E-state index is -0.483. The van der Waals surface area contributed by atoms with Crippen LogP contribution in [-0.4, -0.2) is 0 Å². The Morgan fingerprint density at radius 2 is 0.593 bits per heavy atom. The summed E-state index contributed by atoms with van der Waals surface area (Å²) < 4.78 is 0. The lowest BCUT2D eigenvalue weighted by Gasteiger charge is -2.36. The van der Waals surface area contributed by atoms with Gasteiger partial charge in [0.15, 0.2) is 0 Å². The maximum absolute atomic E-state index is 2.80. The second-order valence-electron chi connectivity index (χ2n) is 28.9. The minimum Gasteiger partial charge on any atom is -0.310 e. The first-order valence-electron chi connectivity index (χ1n) is 36.3. The lowest BCUT2D eigenvalue weighted by Crippen LogP contribution is -2.29. The molecule has 0 bridgehead atoms. The summed E-state index contributed by atoms with van der Waals surface area (Å²) in [6.45, 7) is 0. The van der Waals surface area contributed by atoms with Crippen LogP contribution in [0.5, 0.6) is 0 Å². The number of fused-ring (bicyclic) bond motifs is 3. The van der Waals surface area contributed by atoms with Crippen molar-refractivity contribution >= 4 is 17.1 Å². The fourth-order valence-corrected chi connectivity index (χ4v) is 19.0. The van der Waals surface area contributed by atoms with Crippen LogP contribution in [-0.2, 0) is 5.41 Å². The highest BCUT2D eigenvalue weighted by atomic mass is 15.1. The molecule has 0 radical (unpaired) electrons. The molecule has 7 aliphatic carbocycles. The zero-order valence-electron chi connectivity index (χ0n) is 52.8. The molecule has 448 valence electrons. The van der Waals surface area contributed by atoms with Gasteiger partial charge in [-0.05, 0) is 227 Å². The quantitative estimate of drug-likeness (QED) is 0.118. The van der Waals surface area contributed by atoms with E-state index in [0.717, 1.165) is 0 Å². The molecule has 6 saturated carbocycles. The molecule has 14 rings (SSSR count). The zero-order valence-corrected chi connectivity index (χ0v) is 52.8. The van der Waals surface area contributed by atoms with E-state index in [-0.39, 0.29) is 0 Å². The van der Waals surface area contributed by atoms with E-state index in [9.17, 15) is 0 Å². The van der Waals surface area contributed by atoms with Gasteiger partial charge in [-0.3, -0.25) is 0 Å². The van der Waals surface area contributed by atoms with Crippen LogP contribution in [0.15, 0.2) is 152 Å². The summed E-state index contributed by atoms with van der Waals surface area (Å²) in [5.74, 6) is 4.07. The Morgan fingerprint density at radius 3 is 1.03 bits per heavy atom. The summed E-state index contributed by atoms with van der Waals surface area (Å²) in [6, 6.07) is 63.0. The van der Waals surface area contributed by atoms with Crippen molar-refractivity contribution in [2.75, 3.05) is 4.90 Å². The van der Waals surface area contributed by atoms with Crippen LogP contribution < -0.4 is 4.90 Å². The van der Waals surface area contributed by atoms with Crippen LogP contribution in [0.1, 0.15) is 322 Å². The third-order valence-electron chi connectivity index (χ3n) is 23.7. The largest absolute Gasteiger partial charge is 0.310 e. The van der Waals surface area contributed by atoms with Crippen molar-refractivity contribution in [3.8, 4) is 22.3 Å². The molecule has 0 spiro atoms. The van der Waals surface area contributed by atoms with Crippen molar-refractivity contribution in [3.63, 3.8) is 0 Å². The third-order valence-corrected chi connectivity index (χ3v) is 23.7. The predicted octanol–water partition coefficient (Wildman–Crippen LogP) is 25.8. The molecule has 0 N–H and O–H groups in total. The Hall–Kier alpha value is -5.66.